The molecule has 2 aliphatic heterocycles. The average molecular weight is 436 g/mol. The van der Waals surface area contributed by atoms with Crippen LogP contribution in [0.4, 0.5) is 28.0 Å². The van der Waals surface area contributed by atoms with Gasteiger partial charge in [0.05, 0.1) is 6.67 Å². The molecular weight excluding hydrogens is 416 g/mol. The molecule has 0 aliphatic carbocycles. The number of rotatable bonds is 4. The smallest absolute Gasteiger partial charge is 0.369 e. The molecule has 2 aliphatic rings. The summed E-state index contributed by atoms with van der Waals surface area (Å²) in [5.74, 6) is -1.68. The maximum Gasteiger partial charge on any atom is 0.425 e. The molecule has 2 aromatic carbocycles. The molecule has 0 radical (unpaired) electrons. The highest BCUT2D eigenvalue weighted by atomic mass is 19.4. The Bertz CT molecular complexity index is 960. The van der Waals surface area contributed by atoms with Gasteiger partial charge >= 0.3 is 12.2 Å². The van der Waals surface area contributed by atoms with E-state index in [-0.39, 0.29) is 18.0 Å². The fourth-order valence-corrected chi connectivity index (χ4v) is 3.94. The molecule has 0 spiro atoms. The van der Waals surface area contributed by atoms with Crippen LogP contribution in [0.5, 0.6) is 0 Å². The highest BCUT2D eigenvalue weighted by Crippen LogP contribution is 2.43. The van der Waals surface area contributed by atoms with Crippen molar-refractivity contribution in [3.05, 3.63) is 66.0 Å². The van der Waals surface area contributed by atoms with Crippen molar-refractivity contribution in [1.82, 2.24) is 15.1 Å². The van der Waals surface area contributed by atoms with E-state index in [1.54, 1.807) is 17.0 Å². The molecule has 2 saturated heterocycles. The van der Waals surface area contributed by atoms with Gasteiger partial charge in [-0.2, -0.15) is 13.2 Å². The number of anilines is 1. The van der Waals surface area contributed by atoms with Crippen molar-refractivity contribution in [3.63, 3.8) is 0 Å². The Morgan fingerprint density at radius 1 is 0.903 bits per heavy atom. The van der Waals surface area contributed by atoms with Gasteiger partial charge in [-0.3, -0.25) is 9.69 Å². The molecule has 2 heterocycles. The van der Waals surface area contributed by atoms with Crippen LogP contribution in [-0.4, -0.2) is 60.8 Å². The van der Waals surface area contributed by atoms with E-state index < -0.39 is 23.7 Å². The number of benzene rings is 2. The summed E-state index contributed by atoms with van der Waals surface area (Å²) < 4.78 is 55.2. The maximum absolute atomic E-state index is 14.0. The minimum Gasteiger partial charge on any atom is -0.369 e. The second-order valence-electron chi connectivity index (χ2n) is 7.50. The van der Waals surface area contributed by atoms with E-state index in [4.69, 9.17) is 0 Å². The van der Waals surface area contributed by atoms with Gasteiger partial charge < -0.3 is 10.2 Å². The highest BCUT2D eigenvalue weighted by molar-refractivity contribution is 6.08. The third-order valence-electron chi connectivity index (χ3n) is 5.64. The zero-order valence-corrected chi connectivity index (χ0v) is 16.4. The van der Waals surface area contributed by atoms with Crippen LogP contribution in [0.25, 0.3) is 0 Å². The largest absolute Gasteiger partial charge is 0.425 e. The first-order valence-corrected chi connectivity index (χ1v) is 9.71. The molecule has 0 bridgehead atoms. The number of halogens is 4. The Labute approximate surface area is 176 Å². The Morgan fingerprint density at radius 3 is 2.10 bits per heavy atom. The van der Waals surface area contributed by atoms with Gasteiger partial charge in [-0.1, -0.05) is 30.3 Å². The Morgan fingerprint density at radius 2 is 1.52 bits per heavy atom. The first-order valence-electron chi connectivity index (χ1n) is 9.71. The van der Waals surface area contributed by atoms with Crippen LogP contribution in [0.2, 0.25) is 0 Å². The molecule has 2 aromatic rings. The van der Waals surface area contributed by atoms with Crippen molar-refractivity contribution < 1.29 is 27.2 Å². The lowest BCUT2D eigenvalue weighted by atomic mass is 9.89. The number of imide groups is 1. The third kappa shape index (κ3) is 3.71. The summed E-state index contributed by atoms with van der Waals surface area (Å²) in [5.41, 5.74) is -2.60. The first kappa shape index (κ1) is 21.1. The van der Waals surface area contributed by atoms with Gasteiger partial charge in [0.2, 0.25) is 5.54 Å². The zero-order chi connectivity index (χ0) is 22.2. The van der Waals surface area contributed by atoms with E-state index >= 15 is 0 Å². The van der Waals surface area contributed by atoms with Gasteiger partial charge in [0.15, 0.2) is 0 Å². The number of alkyl halides is 3. The van der Waals surface area contributed by atoms with Crippen molar-refractivity contribution in [3.8, 4) is 0 Å². The number of carbonyl (C=O) groups excluding carboxylic acids is 2. The number of amides is 3. The monoisotopic (exact) mass is 436 g/mol. The highest BCUT2D eigenvalue weighted by Gasteiger charge is 2.68. The quantitative estimate of drug-likeness (QED) is 0.592. The fourth-order valence-electron chi connectivity index (χ4n) is 3.94. The number of urea groups is 1. The lowest BCUT2D eigenvalue weighted by molar-refractivity contribution is -0.198. The lowest BCUT2D eigenvalue weighted by Gasteiger charge is -2.37. The van der Waals surface area contributed by atoms with Crippen LogP contribution in [0.3, 0.4) is 0 Å². The molecule has 10 heteroatoms. The molecule has 0 aromatic heterocycles. The van der Waals surface area contributed by atoms with E-state index in [9.17, 15) is 27.2 Å². The van der Waals surface area contributed by atoms with Crippen LogP contribution in [0.15, 0.2) is 54.6 Å². The van der Waals surface area contributed by atoms with Crippen LogP contribution in [0, 0.1) is 5.82 Å². The minimum absolute atomic E-state index is 0.243. The molecule has 1 unspecified atom stereocenters. The summed E-state index contributed by atoms with van der Waals surface area (Å²) in [6, 6.07) is 11.6. The number of hydrogen-bond acceptors (Lipinski definition) is 4. The second kappa shape index (κ2) is 7.84. The third-order valence-corrected chi connectivity index (χ3v) is 5.64. The van der Waals surface area contributed by atoms with Crippen LogP contribution in [-0.2, 0) is 10.3 Å². The summed E-state index contributed by atoms with van der Waals surface area (Å²) in [7, 11) is 0. The summed E-state index contributed by atoms with van der Waals surface area (Å²) >= 11 is 0. The van der Waals surface area contributed by atoms with Crippen LogP contribution < -0.4 is 10.2 Å². The maximum atomic E-state index is 14.0. The molecule has 4 rings (SSSR count). The van der Waals surface area contributed by atoms with E-state index in [0.29, 0.717) is 31.1 Å². The first-order chi connectivity index (χ1) is 14.7. The molecule has 3 amide bonds. The predicted octanol–water partition coefficient (Wildman–Crippen LogP) is 2.91. The molecule has 6 nitrogen and oxygen atoms in total. The standard InChI is InChI=1S/C21H20F4N4O2/c22-16-6-8-17(9-7-16)28-12-10-27(11-13-28)14-29-18(30)20(21(23,24)25,26-19(29)31)15-4-2-1-3-5-15/h1-9H,10-14H2,(H,26,31). The van der Waals surface area contributed by atoms with Gasteiger partial charge in [-0.25, -0.2) is 14.1 Å². The summed E-state index contributed by atoms with van der Waals surface area (Å²) in [4.78, 5) is 29.7. The van der Waals surface area contributed by atoms with Gasteiger partial charge in [0.1, 0.15) is 5.82 Å². The van der Waals surface area contributed by atoms with E-state index in [2.05, 4.69) is 0 Å². The van der Waals surface area contributed by atoms with Crippen molar-refractivity contribution in [1.29, 1.82) is 0 Å². The van der Waals surface area contributed by atoms with Gasteiger partial charge in [-0.05, 0) is 29.8 Å². The summed E-state index contributed by atoms with van der Waals surface area (Å²) in [5, 5.41) is 1.89. The number of nitrogens with zero attached hydrogens (tertiary/aromatic N) is 3. The number of hydrogen-bond donors (Lipinski definition) is 1. The average Bonchev–Trinajstić information content (AvgIpc) is 3.01. The van der Waals surface area contributed by atoms with Crippen LogP contribution >= 0.6 is 0 Å². The molecule has 31 heavy (non-hydrogen) atoms. The van der Waals surface area contributed by atoms with E-state index in [1.807, 2.05) is 10.2 Å². The van der Waals surface area contributed by atoms with Crippen molar-refractivity contribution in [2.75, 3.05) is 37.7 Å². The minimum atomic E-state index is -5.00. The van der Waals surface area contributed by atoms with E-state index in [1.165, 1.54) is 42.5 Å². The zero-order valence-electron chi connectivity index (χ0n) is 16.4. The van der Waals surface area contributed by atoms with Crippen molar-refractivity contribution in [2.45, 2.75) is 11.7 Å². The van der Waals surface area contributed by atoms with Gasteiger partial charge in [0.25, 0.3) is 5.91 Å². The Kier molecular flexibility index (Phi) is 5.34. The topological polar surface area (TPSA) is 55.9 Å². The van der Waals surface area contributed by atoms with Crippen molar-refractivity contribution in [2.24, 2.45) is 0 Å². The Balaban J connectivity index is 1.48. The number of nitrogens with one attached hydrogen (secondary N) is 1. The predicted molar refractivity (Wildman–Crippen MR) is 105 cm³/mol. The fraction of sp³-hybridized carbons (Fsp3) is 0.333. The van der Waals surface area contributed by atoms with Crippen molar-refractivity contribution >= 4 is 17.6 Å². The number of carbonyl (C=O) groups is 2. The molecule has 164 valence electrons. The van der Waals surface area contributed by atoms with E-state index in [0.717, 1.165) is 5.69 Å². The molecule has 1 N–H and O–H groups in total. The van der Waals surface area contributed by atoms with Crippen LogP contribution in [0.1, 0.15) is 5.56 Å². The molecule has 1 atom stereocenters. The lowest BCUT2D eigenvalue weighted by Crippen LogP contribution is -2.56. The normalized spacial score (nSPS) is 22.7. The second-order valence-corrected chi connectivity index (χ2v) is 7.50. The SMILES string of the molecule is O=C1NC(c2ccccc2)(C(F)(F)F)C(=O)N1CN1CCN(c2ccc(F)cc2)CC1. The summed E-state index contributed by atoms with van der Waals surface area (Å²) in [6.07, 6.45) is -5.00. The summed E-state index contributed by atoms with van der Waals surface area (Å²) in [6.45, 7) is 1.67. The molecular formula is C21H20F4N4O2. The molecule has 0 saturated carbocycles. The Hall–Kier alpha value is -3.14. The van der Waals surface area contributed by atoms with Gasteiger partial charge in [0, 0.05) is 31.9 Å². The number of piperazine rings is 1. The molecule has 2 fully saturated rings. The van der Waals surface area contributed by atoms with Gasteiger partial charge in [-0.15, -0.1) is 0 Å².